The molecule has 0 bridgehead atoms. The van der Waals surface area contributed by atoms with Gasteiger partial charge < -0.3 is 4.74 Å². The molecule has 2 aliphatic rings. The lowest BCUT2D eigenvalue weighted by Crippen LogP contribution is -2.47. The zero-order valence-corrected chi connectivity index (χ0v) is 14.6. The predicted octanol–water partition coefficient (Wildman–Crippen LogP) is 1.56. The molecule has 0 amide bonds. The van der Waals surface area contributed by atoms with Crippen LogP contribution in [-0.4, -0.2) is 52.2 Å². The minimum Gasteiger partial charge on any atom is -0.379 e. The Hall–Kier alpha value is -0.950. The van der Waals surface area contributed by atoms with Gasteiger partial charge in [0.1, 0.15) is 0 Å². The second-order valence-corrected chi connectivity index (χ2v) is 8.25. The summed E-state index contributed by atoms with van der Waals surface area (Å²) in [4.78, 5) is 2.66. The number of aryl methyl sites for hydroxylation is 2. The van der Waals surface area contributed by atoms with Gasteiger partial charge in [-0.1, -0.05) is 6.07 Å². The summed E-state index contributed by atoms with van der Waals surface area (Å²) >= 11 is 0. The van der Waals surface area contributed by atoms with Crippen LogP contribution in [0.2, 0.25) is 0 Å². The molecule has 0 unspecified atom stereocenters. The van der Waals surface area contributed by atoms with Crippen LogP contribution in [0.1, 0.15) is 30.9 Å². The second kappa shape index (κ2) is 7.30. The molecule has 1 aliphatic heterocycles. The van der Waals surface area contributed by atoms with Gasteiger partial charge in [-0.3, -0.25) is 4.90 Å². The maximum Gasteiger partial charge on any atom is 0.240 e. The van der Waals surface area contributed by atoms with Gasteiger partial charge in [0, 0.05) is 25.7 Å². The Morgan fingerprint density at radius 1 is 1.17 bits per heavy atom. The maximum absolute atomic E-state index is 12.6. The molecule has 1 atom stereocenters. The van der Waals surface area contributed by atoms with Crippen molar-refractivity contribution in [3.63, 3.8) is 0 Å². The zero-order valence-electron chi connectivity index (χ0n) is 13.8. The fraction of sp³-hybridized carbons (Fsp3) is 0.647. The SMILES string of the molecule is C[C@H](CNS(=O)(=O)c1ccc2c(c1)CCCC2)N1CCOCC1. The Morgan fingerprint density at radius 3 is 2.61 bits per heavy atom. The minimum atomic E-state index is -3.44. The van der Waals surface area contributed by atoms with Crippen molar-refractivity contribution in [3.8, 4) is 0 Å². The van der Waals surface area contributed by atoms with E-state index in [-0.39, 0.29) is 6.04 Å². The number of nitrogens with zero attached hydrogens (tertiary/aromatic N) is 1. The normalized spacial score (nSPS) is 20.9. The number of hydrogen-bond acceptors (Lipinski definition) is 4. The predicted molar refractivity (Wildman–Crippen MR) is 90.1 cm³/mol. The lowest BCUT2D eigenvalue weighted by atomic mass is 9.92. The van der Waals surface area contributed by atoms with Gasteiger partial charge >= 0.3 is 0 Å². The maximum atomic E-state index is 12.6. The van der Waals surface area contributed by atoms with E-state index in [1.165, 1.54) is 17.5 Å². The van der Waals surface area contributed by atoms with E-state index < -0.39 is 10.0 Å². The molecule has 6 heteroatoms. The number of sulfonamides is 1. The second-order valence-electron chi connectivity index (χ2n) is 6.49. The van der Waals surface area contributed by atoms with Gasteiger partial charge in [-0.2, -0.15) is 0 Å². The molecule has 1 saturated heterocycles. The first kappa shape index (κ1) is 16.9. The Balaban J connectivity index is 1.64. The van der Waals surface area contributed by atoms with Crippen molar-refractivity contribution in [1.82, 2.24) is 9.62 Å². The van der Waals surface area contributed by atoms with Crippen LogP contribution in [0.5, 0.6) is 0 Å². The fourth-order valence-electron chi connectivity index (χ4n) is 3.34. The first-order chi connectivity index (χ1) is 11.1. The van der Waals surface area contributed by atoms with Gasteiger partial charge in [0.15, 0.2) is 0 Å². The topological polar surface area (TPSA) is 58.6 Å². The summed E-state index contributed by atoms with van der Waals surface area (Å²) in [5.74, 6) is 0. The quantitative estimate of drug-likeness (QED) is 0.885. The first-order valence-corrected chi connectivity index (χ1v) is 9.98. The van der Waals surface area contributed by atoms with Crippen molar-refractivity contribution in [2.45, 2.75) is 43.5 Å². The molecule has 1 fully saturated rings. The highest BCUT2D eigenvalue weighted by molar-refractivity contribution is 7.89. The molecule has 128 valence electrons. The molecule has 1 heterocycles. The fourth-order valence-corrected chi connectivity index (χ4v) is 4.51. The molecule has 3 rings (SSSR count). The van der Waals surface area contributed by atoms with Gasteiger partial charge in [-0.05, 0) is 55.9 Å². The van der Waals surface area contributed by atoms with Gasteiger partial charge in [0.2, 0.25) is 10.0 Å². The number of ether oxygens (including phenoxy) is 1. The van der Waals surface area contributed by atoms with Crippen molar-refractivity contribution in [1.29, 1.82) is 0 Å². The molecule has 1 aromatic carbocycles. The number of fused-ring (bicyclic) bond motifs is 1. The largest absolute Gasteiger partial charge is 0.379 e. The molecule has 0 spiro atoms. The highest BCUT2D eigenvalue weighted by Gasteiger charge is 2.21. The van der Waals surface area contributed by atoms with E-state index in [0.29, 0.717) is 11.4 Å². The monoisotopic (exact) mass is 338 g/mol. The molecular formula is C17H26N2O3S. The van der Waals surface area contributed by atoms with Crippen LogP contribution in [-0.2, 0) is 27.6 Å². The number of benzene rings is 1. The van der Waals surface area contributed by atoms with Gasteiger partial charge in [0.25, 0.3) is 0 Å². The average Bonchev–Trinajstić information content (AvgIpc) is 2.60. The van der Waals surface area contributed by atoms with E-state index in [9.17, 15) is 8.42 Å². The lowest BCUT2D eigenvalue weighted by molar-refractivity contribution is 0.0213. The number of hydrogen-bond donors (Lipinski definition) is 1. The van der Waals surface area contributed by atoms with Crippen molar-refractivity contribution in [2.24, 2.45) is 0 Å². The molecule has 1 aromatic rings. The van der Waals surface area contributed by atoms with Crippen molar-refractivity contribution >= 4 is 10.0 Å². The van der Waals surface area contributed by atoms with E-state index >= 15 is 0 Å². The summed E-state index contributed by atoms with van der Waals surface area (Å²) in [6.07, 6.45) is 4.41. The van der Waals surface area contributed by atoms with E-state index in [1.54, 1.807) is 6.07 Å². The van der Waals surface area contributed by atoms with Crippen molar-refractivity contribution in [3.05, 3.63) is 29.3 Å². The summed E-state index contributed by atoms with van der Waals surface area (Å²) in [5.41, 5.74) is 2.50. The smallest absolute Gasteiger partial charge is 0.240 e. The van der Waals surface area contributed by atoms with E-state index in [0.717, 1.165) is 45.6 Å². The van der Waals surface area contributed by atoms with Crippen LogP contribution < -0.4 is 4.72 Å². The Morgan fingerprint density at radius 2 is 1.87 bits per heavy atom. The van der Waals surface area contributed by atoms with E-state index in [4.69, 9.17) is 4.74 Å². The molecule has 1 aliphatic carbocycles. The Bertz CT molecular complexity index is 639. The first-order valence-electron chi connectivity index (χ1n) is 8.49. The highest BCUT2D eigenvalue weighted by Crippen LogP contribution is 2.24. The minimum absolute atomic E-state index is 0.173. The third-order valence-electron chi connectivity index (χ3n) is 4.87. The van der Waals surface area contributed by atoms with Gasteiger partial charge in [-0.15, -0.1) is 0 Å². The van der Waals surface area contributed by atoms with Crippen LogP contribution in [0.3, 0.4) is 0 Å². The summed E-state index contributed by atoms with van der Waals surface area (Å²) in [5, 5.41) is 0. The van der Waals surface area contributed by atoms with Crippen molar-refractivity contribution in [2.75, 3.05) is 32.8 Å². The Labute approximate surface area is 139 Å². The summed E-state index contributed by atoms with van der Waals surface area (Å²) in [6.45, 7) is 5.66. The zero-order chi connectivity index (χ0) is 16.3. The Kier molecular flexibility index (Phi) is 5.36. The highest BCUT2D eigenvalue weighted by atomic mass is 32.2. The van der Waals surface area contributed by atoms with Crippen LogP contribution in [0.25, 0.3) is 0 Å². The number of rotatable bonds is 5. The number of nitrogens with one attached hydrogen (secondary N) is 1. The molecular weight excluding hydrogens is 312 g/mol. The standard InChI is InChI=1S/C17H26N2O3S/c1-14(19-8-10-22-11-9-19)13-18-23(20,21)17-7-6-15-4-2-3-5-16(15)12-17/h6-7,12,14,18H,2-5,8-11,13H2,1H3/t14-/m1/s1. The number of morpholine rings is 1. The molecule has 23 heavy (non-hydrogen) atoms. The van der Waals surface area contributed by atoms with E-state index in [2.05, 4.69) is 16.5 Å². The summed E-state index contributed by atoms with van der Waals surface area (Å²) in [6, 6.07) is 5.75. The molecule has 1 N–H and O–H groups in total. The third kappa shape index (κ3) is 4.12. The lowest BCUT2D eigenvalue weighted by Gasteiger charge is -2.32. The molecule has 5 nitrogen and oxygen atoms in total. The molecule has 0 radical (unpaired) electrons. The molecule has 0 aromatic heterocycles. The van der Waals surface area contributed by atoms with Gasteiger partial charge in [0.05, 0.1) is 18.1 Å². The van der Waals surface area contributed by atoms with Crippen molar-refractivity contribution < 1.29 is 13.2 Å². The average molecular weight is 338 g/mol. The van der Waals surface area contributed by atoms with Crippen LogP contribution >= 0.6 is 0 Å². The summed E-state index contributed by atoms with van der Waals surface area (Å²) in [7, 11) is -3.44. The van der Waals surface area contributed by atoms with Gasteiger partial charge in [-0.25, -0.2) is 13.1 Å². The van der Waals surface area contributed by atoms with Crippen LogP contribution in [0.4, 0.5) is 0 Å². The molecule has 0 saturated carbocycles. The summed E-state index contributed by atoms with van der Waals surface area (Å²) < 4.78 is 33.2. The van der Waals surface area contributed by atoms with E-state index in [1.807, 2.05) is 12.1 Å². The third-order valence-corrected chi connectivity index (χ3v) is 6.29. The van der Waals surface area contributed by atoms with Crippen LogP contribution in [0, 0.1) is 0 Å². The van der Waals surface area contributed by atoms with Crippen LogP contribution in [0.15, 0.2) is 23.1 Å².